The molecule has 3 aromatic rings. The minimum Gasteiger partial charge on any atom is -0.326 e. The quantitative estimate of drug-likeness (QED) is 0.720. The highest BCUT2D eigenvalue weighted by molar-refractivity contribution is 7.20. The van der Waals surface area contributed by atoms with Gasteiger partial charge in [-0.15, -0.1) is 22.7 Å². The molecule has 0 spiro atoms. The molecule has 0 saturated heterocycles. The van der Waals surface area contributed by atoms with Crippen LogP contribution < -0.4 is 5.32 Å². The van der Waals surface area contributed by atoms with Crippen LogP contribution in [0, 0.1) is 12.7 Å². The van der Waals surface area contributed by atoms with Crippen LogP contribution in [0.5, 0.6) is 0 Å². The molecular formula is C17H13FN2OS2. The van der Waals surface area contributed by atoms with E-state index < -0.39 is 0 Å². The van der Waals surface area contributed by atoms with Gasteiger partial charge in [-0.1, -0.05) is 0 Å². The summed E-state index contributed by atoms with van der Waals surface area (Å²) in [5, 5.41) is 7.56. The highest BCUT2D eigenvalue weighted by atomic mass is 32.1. The number of aromatic nitrogens is 1. The Morgan fingerprint density at radius 3 is 2.91 bits per heavy atom. The van der Waals surface area contributed by atoms with E-state index in [1.54, 1.807) is 11.3 Å². The number of thiazole rings is 1. The van der Waals surface area contributed by atoms with Gasteiger partial charge in [0.1, 0.15) is 10.8 Å². The number of anilines is 1. The van der Waals surface area contributed by atoms with E-state index in [9.17, 15) is 9.18 Å². The lowest BCUT2D eigenvalue weighted by Gasteiger charge is -2.17. The van der Waals surface area contributed by atoms with Crippen molar-refractivity contribution in [2.45, 2.75) is 19.8 Å². The van der Waals surface area contributed by atoms with E-state index in [1.165, 1.54) is 23.0 Å². The van der Waals surface area contributed by atoms with Gasteiger partial charge in [-0.2, -0.15) is 0 Å². The fourth-order valence-electron chi connectivity index (χ4n) is 2.69. The maximum absolute atomic E-state index is 14.4. The zero-order chi connectivity index (χ0) is 16.0. The van der Waals surface area contributed by atoms with Crippen molar-refractivity contribution in [1.29, 1.82) is 0 Å². The normalized spacial score (nSPS) is 13.7. The molecule has 1 N–H and O–H groups in total. The number of hydrogen-bond donors (Lipinski definition) is 1. The summed E-state index contributed by atoms with van der Waals surface area (Å²) in [4.78, 5) is 17.2. The Kier molecular flexibility index (Phi) is 3.50. The van der Waals surface area contributed by atoms with E-state index in [1.807, 2.05) is 16.8 Å². The lowest BCUT2D eigenvalue weighted by molar-refractivity contribution is -0.116. The van der Waals surface area contributed by atoms with E-state index >= 15 is 0 Å². The molecule has 1 aromatic carbocycles. The molecule has 1 aliphatic rings. The first-order valence-electron chi connectivity index (χ1n) is 7.24. The first-order valence-corrected chi connectivity index (χ1v) is 9.00. The van der Waals surface area contributed by atoms with Crippen molar-refractivity contribution in [3.63, 3.8) is 0 Å². The number of amides is 1. The van der Waals surface area contributed by atoms with Crippen molar-refractivity contribution in [1.82, 2.24) is 4.98 Å². The molecule has 2 aromatic heterocycles. The molecule has 0 fully saturated rings. The summed E-state index contributed by atoms with van der Waals surface area (Å²) in [5.74, 6) is -0.417. The van der Waals surface area contributed by atoms with Crippen molar-refractivity contribution in [2.75, 3.05) is 5.32 Å². The topological polar surface area (TPSA) is 42.0 Å². The monoisotopic (exact) mass is 344 g/mol. The number of benzene rings is 1. The number of nitrogens with zero attached hydrogens (tertiary/aromatic N) is 1. The first-order chi connectivity index (χ1) is 11.1. The molecule has 116 valence electrons. The van der Waals surface area contributed by atoms with Crippen LogP contribution in [0.4, 0.5) is 10.1 Å². The SMILES string of the molecule is Cc1ccsc1-c1nc(-c2cc3c(cc2F)NC(=O)CC3)cs1. The second-order valence-electron chi connectivity index (χ2n) is 5.51. The molecule has 1 amide bonds. The standard InChI is InChI=1S/C17H13FN2OS2/c1-9-4-5-22-16(9)17-20-14(8-23-17)11-6-10-2-3-15(21)19-13(10)7-12(11)18/h4-8H,2-3H2,1H3,(H,19,21). The third kappa shape index (κ3) is 2.58. The Morgan fingerprint density at radius 1 is 1.26 bits per heavy atom. The van der Waals surface area contributed by atoms with Gasteiger partial charge in [0, 0.05) is 23.1 Å². The van der Waals surface area contributed by atoms with Gasteiger partial charge in [-0.05, 0) is 48.1 Å². The third-order valence-corrected chi connectivity index (χ3v) is 5.94. The molecule has 1 aliphatic heterocycles. The number of fused-ring (bicyclic) bond motifs is 1. The first kappa shape index (κ1) is 14.5. The zero-order valence-corrected chi connectivity index (χ0v) is 14.0. The highest BCUT2D eigenvalue weighted by Crippen LogP contribution is 2.36. The zero-order valence-electron chi connectivity index (χ0n) is 12.4. The number of thiophene rings is 1. The second-order valence-corrected chi connectivity index (χ2v) is 7.28. The fraction of sp³-hybridized carbons (Fsp3) is 0.176. The number of rotatable bonds is 2. The number of hydrogen-bond acceptors (Lipinski definition) is 4. The van der Waals surface area contributed by atoms with E-state index in [-0.39, 0.29) is 11.7 Å². The van der Waals surface area contributed by atoms with Gasteiger partial charge in [0.05, 0.1) is 10.6 Å². The third-order valence-electron chi connectivity index (χ3n) is 3.92. The molecule has 6 heteroatoms. The Bertz CT molecular complexity index is 913. The number of nitrogens with one attached hydrogen (secondary N) is 1. The fourth-order valence-corrected chi connectivity index (χ4v) is 4.61. The van der Waals surface area contributed by atoms with Crippen LogP contribution in [-0.4, -0.2) is 10.9 Å². The van der Waals surface area contributed by atoms with Gasteiger partial charge >= 0.3 is 0 Å². The van der Waals surface area contributed by atoms with Crippen molar-refractivity contribution in [3.8, 4) is 21.1 Å². The van der Waals surface area contributed by atoms with Crippen LogP contribution in [0.25, 0.3) is 21.1 Å². The van der Waals surface area contributed by atoms with Gasteiger partial charge < -0.3 is 5.32 Å². The van der Waals surface area contributed by atoms with Crippen molar-refractivity contribution in [3.05, 3.63) is 45.9 Å². The summed E-state index contributed by atoms with van der Waals surface area (Å²) in [7, 11) is 0. The van der Waals surface area contributed by atoms with Crippen LogP contribution >= 0.6 is 22.7 Å². The molecule has 0 bridgehead atoms. The summed E-state index contributed by atoms with van der Waals surface area (Å²) < 4.78 is 14.4. The molecule has 3 nitrogen and oxygen atoms in total. The summed E-state index contributed by atoms with van der Waals surface area (Å²) >= 11 is 3.17. The Hall–Kier alpha value is -2.05. The molecule has 23 heavy (non-hydrogen) atoms. The minimum absolute atomic E-state index is 0.0613. The second kappa shape index (κ2) is 5.54. The van der Waals surface area contributed by atoms with Crippen molar-refractivity contribution in [2.24, 2.45) is 0 Å². The van der Waals surface area contributed by atoms with Crippen LogP contribution in [0.15, 0.2) is 29.0 Å². The van der Waals surface area contributed by atoms with Gasteiger partial charge in [-0.3, -0.25) is 4.79 Å². The number of carbonyl (C=O) groups excluding carboxylic acids is 1. The lowest BCUT2D eigenvalue weighted by Crippen LogP contribution is -2.19. The molecule has 0 aliphatic carbocycles. The van der Waals surface area contributed by atoms with E-state index in [2.05, 4.69) is 23.3 Å². The number of aryl methyl sites for hydroxylation is 2. The summed E-state index contributed by atoms with van der Waals surface area (Å²) in [6.45, 7) is 2.05. The summed E-state index contributed by atoms with van der Waals surface area (Å²) in [5.41, 5.74) is 3.87. The number of halogens is 1. The van der Waals surface area contributed by atoms with Gasteiger partial charge in [-0.25, -0.2) is 9.37 Å². The average Bonchev–Trinajstić information content (AvgIpc) is 3.15. The van der Waals surface area contributed by atoms with E-state index in [4.69, 9.17) is 0 Å². The average molecular weight is 344 g/mol. The maximum atomic E-state index is 14.4. The predicted molar refractivity (Wildman–Crippen MR) is 92.5 cm³/mol. The summed E-state index contributed by atoms with van der Waals surface area (Å²) in [6, 6.07) is 5.27. The maximum Gasteiger partial charge on any atom is 0.224 e. The summed E-state index contributed by atoms with van der Waals surface area (Å²) in [6.07, 6.45) is 1.07. The molecule has 0 saturated carbocycles. The minimum atomic E-state index is -0.356. The van der Waals surface area contributed by atoms with Crippen LogP contribution in [-0.2, 0) is 11.2 Å². The van der Waals surface area contributed by atoms with E-state index in [0.717, 1.165) is 15.4 Å². The predicted octanol–water partition coefficient (Wildman–Crippen LogP) is 4.87. The van der Waals surface area contributed by atoms with Gasteiger partial charge in [0.15, 0.2) is 0 Å². The molecular weight excluding hydrogens is 331 g/mol. The molecule has 0 unspecified atom stereocenters. The van der Waals surface area contributed by atoms with Gasteiger partial charge in [0.25, 0.3) is 0 Å². The van der Waals surface area contributed by atoms with E-state index in [0.29, 0.717) is 29.8 Å². The molecule has 0 radical (unpaired) electrons. The largest absolute Gasteiger partial charge is 0.326 e. The van der Waals surface area contributed by atoms with Crippen LogP contribution in [0.1, 0.15) is 17.5 Å². The Labute approximate surface area is 140 Å². The lowest BCUT2D eigenvalue weighted by atomic mass is 9.99. The Morgan fingerprint density at radius 2 is 2.13 bits per heavy atom. The van der Waals surface area contributed by atoms with Crippen LogP contribution in [0.2, 0.25) is 0 Å². The highest BCUT2D eigenvalue weighted by Gasteiger charge is 2.20. The smallest absolute Gasteiger partial charge is 0.224 e. The molecule has 4 rings (SSSR count). The van der Waals surface area contributed by atoms with Gasteiger partial charge in [0.2, 0.25) is 5.91 Å². The van der Waals surface area contributed by atoms with Crippen molar-refractivity contribution >= 4 is 34.3 Å². The van der Waals surface area contributed by atoms with Crippen molar-refractivity contribution < 1.29 is 9.18 Å². The molecule has 3 heterocycles. The molecule has 0 atom stereocenters. The van der Waals surface area contributed by atoms with Crippen LogP contribution in [0.3, 0.4) is 0 Å². The Balaban J connectivity index is 1.75. The number of carbonyl (C=O) groups is 1.